The van der Waals surface area contributed by atoms with Gasteiger partial charge in [0.15, 0.2) is 0 Å². The first-order valence-corrected chi connectivity index (χ1v) is 8.22. The lowest BCUT2D eigenvalue weighted by Crippen LogP contribution is -2.39. The number of halogens is 3. The maximum atomic E-state index is 12.9. The van der Waals surface area contributed by atoms with Gasteiger partial charge in [-0.25, -0.2) is 0 Å². The van der Waals surface area contributed by atoms with E-state index in [-0.39, 0.29) is 30.9 Å². The van der Waals surface area contributed by atoms with Crippen LogP contribution in [0.25, 0.3) is 0 Å². The zero-order valence-electron chi connectivity index (χ0n) is 14.1. The molecule has 2 atom stereocenters. The van der Waals surface area contributed by atoms with Crippen molar-refractivity contribution in [2.75, 3.05) is 26.7 Å². The molecule has 2 N–H and O–H groups in total. The normalized spacial score (nSPS) is 18.8. The summed E-state index contributed by atoms with van der Waals surface area (Å²) in [5.41, 5.74) is -0.890. The first-order chi connectivity index (χ1) is 11.8. The molecule has 1 aliphatic rings. The molecule has 0 saturated carbocycles. The van der Waals surface area contributed by atoms with Gasteiger partial charge in [0.05, 0.1) is 5.56 Å². The van der Waals surface area contributed by atoms with Crippen LogP contribution >= 0.6 is 0 Å². The van der Waals surface area contributed by atoms with Gasteiger partial charge in [-0.2, -0.15) is 13.2 Å². The Bertz CT molecular complexity index is 575. The number of amides is 1. The molecule has 8 heteroatoms. The number of para-hydroxylation sites is 1. The topological polar surface area (TPSA) is 61.8 Å². The fraction of sp³-hybridized carbons (Fsp3) is 0.588. The number of aliphatic hydroxyl groups excluding tert-OH is 1. The highest BCUT2D eigenvalue weighted by Crippen LogP contribution is 2.35. The molecule has 1 amide bonds. The van der Waals surface area contributed by atoms with Crippen LogP contribution < -0.4 is 10.1 Å². The van der Waals surface area contributed by atoms with Crippen LogP contribution in [-0.4, -0.2) is 54.8 Å². The van der Waals surface area contributed by atoms with Crippen LogP contribution in [0.5, 0.6) is 5.75 Å². The van der Waals surface area contributed by atoms with Crippen LogP contribution in [0.15, 0.2) is 24.3 Å². The molecule has 0 aromatic heterocycles. The van der Waals surface area contributed by atoms with Crippen molar-refractivity contribution in [3.63, 3.8) is 0 Å². The third-order valence-corrected chi connectivity index (χ3v) is 4.12. The maximum Gasteiger partial charge on any atom is 0.419 e. The van der Waals surface area contributed by atoms with Crippen molar-refractivity contribution >= 4 is 5.91 Å². The van der Waals surface area contributed by atoms with Gasteiger partial charge in [0.25, 0.3) is 0 Å². The van der Waals surface area contributed by atoms with Crippen LogP contribution in [0.1, 0.15) is 24.8 Å². The van der Waals surface area contributed by atoms with E-state index in [0.29, 0.717) is 6.42 Å². The molecule has 25 heavy (non-hydrogen) atoms. The van der Waals surface area contributed by atoms with Gasteiger partial charge in [-0.3, -0.25) is 4.79 Å². The second kappa shape index (κ2) is 8.53. The second-order valence-corrected chi connectivity index (χ2v) is 6.23. The van der Waals surface area contributed by atoms with E-state index in [0.717, 1.165) is 25.5 Å². The number of ether oxygens (including phenoxy) is 1. The van der Waals surface area contributed by atoms with Gasteiger partial charge in [0, 0.05) is 26.1 Å². The lowest BCUT2D eigenvalue weighted by Gasteiger charge is -2.23. The predicted molar refractivity (Wildman–Crippen MR) is 86.2 cm³/mol. The molecular weight excluding hydrogens is 337 g/mol. The minimum Gasteiger partial charge on any atom is -0.490 e. The lowest BCUT2D eigenvalue weighted by atomic mass is 10.1. The van der Waals surface area contributed by atoms with Gasteiger partial charge >= 0.3 is 6.18 Å². The van der Waals surface area contributed by atoms with Gasteiger partial charge in [-0.1, -0.05) is 12.1 Å². The van der Waals surface area contributed by atoms with E-state index in [1.165, 1.54) is 23.1 Å². The highest BCUT2D eigenvalue weighted by molar-refractivity contribution is 5.76. The monoisotopic (exact) mass is 360 g/mol. The summed E-state index contributed by atoms with van der Waals surface area (Å²) in [6, 6.07) is 4.99. The number of hydrogen-bond acceptors (Lipinski definition) is 4. The number of aliphatic hydroxyl groups is 1. The Kier molecular flexibility index (Phi) is 6.66. The molecule has 0 spiro atoms. The van der Waals surface area contributed by atoms with Gasteiger partial charge < -0.3 is 20.1 Å². The zero-order valence-corrected chi connectivity index (χ0v) is 14.1. The number of likely N-dealkylation sites (N-methyl/N-ethyl adjacent to an activating group) is 1. The Labute approximate surface area is 144 Å². The van der Waals surface area contributed by atoms with E-state index in [4.69, 9.17) is 4.74 Å². The number of carbonyl (C=O) groups is 1. The van der Waals surface area contributed by atoms with Crippen LogP contribution in [0.3, 0.4) is 0 Å². The lowest BCUT2D eigenvalue weighted by molar-refractivity contribution is -0.139. The summed E-state index contributed by atoms with van der Waals surface area (Å²) in [6.07, 6.45) is -3.27. The van der Waals surface area contributed by atoms with Crippen LogP contribution in [0, 0.1) is 0 Å². The minimum atomic E-state index is -4.53. The van der Waals surface area contributed by atoms with Crippen molar-refractivity contribution in [2.45, 2.75) is 37.6 Å². The average Bonchev–Trinajstić information content (AvgIpc) is 3.05. The highest BCUT2D eigenvalue weighted by atomic mass is 19.4. The Morgan fingerprint density at radius 2 is 2.16 bits per heavy atom. The number of nitrogens with zero attached hydrogens (tertiary/aromatic N) is 1. The SMILES string of the molecule is CN(CC(O)COc1ccccc1C(F)(F)F)C(=O)CC1CCCN1. The summed E-state index contributed by atoms with van der Waals surface area (Å²) >= 11 is 0. The Morgan fingerprint density at radius 3 is 2.80 bits per heavy atom. The number of nitrogens with one attached hydrogen (secondary N) is 1. The Hall–Kier alpha value is -1.80. The van der Waals surface area contributed by atoms with Crippen molar-refractivity contribution in [2.24, 2.45) is 0 Å². The summed E-state index contributed by atoms with van der Waals surface area (Å²) < 4.78 is 43.8. The second-order valence-electron chi connectivity index (χ2n) is 6.23. The molecule has 1 aromatic rings. The summed E-state index contributed by atoms with van der Waals surface area (Å²) in [7, 11) is 1.56. The molecule has 1 fully saturated rings. The molecule has 0 radical (unpaired) electrons. The number of rotatable bonds is 7. The maximum absolute atomic E-state index is 12.9. The number of hydrogen-bond donors (Lipinski definition) is 2. The summed E-state index contributed by atoms with van der Waals surface area (Å²) in [5, 5.41) is 13.2. The largest absolute Gasteiger partial charge is 0.490 e. The van der Waals surface area contributed by atoms with Crippen molar-refractivity contribution in [3.05, 3.63) is 29.8 Å². The molecule has 0 bridgehead atoms. The summed E-state index contributed by atoms with van der Waals surface area (Å²) in [5.74, 6) is -0.452. The standard InChI is InChI=1S/C17H23F3N2O3/c1-22(16(24)9-12-5-4-8-21-12)10-13(23)11-25-15-7-3-2-6-14(15)17(18,19)20/h2-3,6-7,12-13,21,23H,4-5,8-11H2,1H3. The van der Waals surface area contributed by atoms with E-state index in [9.17, 15) is 23.1 Å². The smallest absolute Gasteiger partial charge is 0.419 e. The fourth-order valence-corrected chi connectivity index (χ4v) is 2.78. The number of benzene rings is 1. The van der Waals surface area contributed by atoms with Gasteiger partial charge in [0.2, 0.25) is 5.91 Å². The van der Waals surface area contributed by atoms with Crippen molar-refractivity contribution < 1.29 is 27.8 Å². The zero-order chi connectivity index (χ0) is 18.4. The Balaban J connectivity index is 1.82. The molecular formula is C17H23F3N2O3. The molecule has 1 aliphatic heterocycles. The summed E-state index contributed by atoms with van der Waals surface area (Å²) in [6.45, 7) is 0.572. The van der Waals surface area contributed by atoms with E-state index < -0.39 is 17.8 Å². The molecule has 2 rings (SSSR count). The molecule has 140 valence electrons. The molecule has 5 nitrogen and oxygen atoms in total. The molecule has 1 saturated heterocycles. The average molecular weight is 360 g/mol. The Morgan fingerprint density at radius 1 is 1.44 bits per heavy atom. The highest BCUT2D eigenvalue weighted by Gasteiger charge is 2.34. The summed E-state index contributed by atoms with van der Waals surface area (Å²) in [4.78, 5) is 13.5. The molecule has 2 unspecified atom stereocenters. The van der Waals surface area contributed by atoms with Crippen molar-refractivity contribution in [3.8, 4) is 5.75 Å². The van der Waals surface area contributed by atoms with E-state index in [2.05, 4.69) is 5.32 Å². The first-order valence-electron chi connectivity index (χ1n) is 8.22. The number of alkyl halides is 3. The van der Waals surface area contributed by atoms with E-state index in [1.807, 2.05) is 0 Å². The number of carbonyl (C=O) groups excluding carboxylic acids is 1. The third kappa shape index (κ3) is 5.89. The fourth-order valence-electron chi connectivity index (χ4n) is 2.78. The third-order valence-electron chi connectivity index (χ3n) is 4.12. The van der Waals surface area contributed by atoms with Crippen molar-refractivity contribution in [1.82, 2.24) is 10.2 Å². The molecule has 0 aliphatic carbocycles. The first kappa shape index (κ1) is 19.5. The van der Waals surface area contributed by atoms with Gasteiger partial charge in [-0.15, -0.1) is 0 Å². The van der Waals surface area contributed by atoms with Crippen LogP contribution in [0.2, 0.25) is 0 Å². The van der Waals surface area contributed by atoms with Crippen LogP contribution in [-0.2, 0) is 11.0 Å². The van der Waals surface area contributed by atoms with Crippen LogP contribution in [0.4, 0.5) is 13.2 Å². The quantitative estimate of drug-likeness (QED) is 0.781. The van der Waals surface area contributed by atoms with E-state index in [1.54, 1.807) is 7.05 Å². The molecule has 1 aromatic carbocycles. The predicted octanol–water partition coefficient (Wildman–Crippen LogP) is 2.05. The van der Waals surface area contributed by atoms with Gasteiger partial charge in [-0.05, 0) is 31.5 Å². The van der Waals surface area contributed by atoms with E-state index >= 15 is 0 Å². The minimum absolute atomic E-state index is 0.000260. The molecule has 1 heterocycles. The van der Waals surface area contributed by atoms with Gasteiger partial charge in [0.1, 0.15) is 18.5 Å². The van der Waals surface area contributed by atoms with Crippen molar-refractivity contribution in [1.29, 1.82) is 0 Å².